The van der Waals surface area contributed by atoms with Crippen molar-refractivity contribution in [2.75, 3.05) is 19.8 Å². The molecule has 0 radical (unpaired) electrons. The van der Waals surface area contributed by atoms with Crippen molar-refractivity contribution in [3.63, 3.8) is 0 Å². The molecule has 9 N–H and O–H groups in total. The van der Waals surface area contributed by atoms with Crippen LogP contribution in [0.3, 0.4) is 0 Å². The maximum Gasteiger partial charge on any atom is 0.469 e. The molecule has 0 saturated carbocycles. The zero-order valence-electron chi connectivity index (χ0n) is 14.1. The van der Waals surface area contributed by atoms with Gasteiger partial charge in [0.2, 0.25) is 5.79 Å². The average Bonchev–Trinajstić information content (AvgIpc) is 2.85. The summed E-state index contributed by atoms with van der Waals surface area (Å²) in [5.41, 5.74) is 0. The fourth-order valence-corrected chi connectivity index (χ4v) is 3.13. The van der Waals surface area contributed by atoms with Gasteiger partial charge in [0.1, 0.15) is 49.3 Å². The number of hydrogen-bond acceptors (Lipinski definition) is 12. The van der Waals surface area contributed by atoms with Crippen LogP contribution in [-0.2, 0) is 40.4 Å². The number of phosphoric ester groups is 1. The Morgan fingerprint density at radius 2 is 1.54 bits per heavy atom. The van der Waals surface area contributed by atoms with Crippen LogP contribution in [-0.4, -0.2) is 120 Å². The summed E-state index contributed by atoms with van der Waals surface area (Å²) < 4.78 is 30.4. The van der Waals surface area contributed by atoms with Gasteiger partial charge in [-0.2, -0.15) is 0 Å². The molecule has 2 fully saturated rings. The molecule has 16 heteroatoms. The van der Waals surface area contributed by atoms with Gasteiger partial charge >= 0.3 is 7.82 Å². The Kier molecular flexibility index (Phi) is 9.40. The molecule has 0 spiro atoms. The summed E-state index contributed by atoms with van der Waals surface area (Å²) in [4.78, 5) is 17.4. The number of aliphatic hydroxyl groups excluding tert-OH is 7. The largest absolute Gasteiger partial charge is 0.469 e. The van der Waals surface area contributed by atoms with Gasteiger partial charge in [0.05, 0.1) is 13.2 Å². The predicted molar refractivity (Wildman–Crippen MR) is 79.6 cm³/mol. The van der Waals surface area contributed by atoms with Gasteiger partial charge in [-0.15, -0.1) is 0 Å². The van der Waals surface area contributed by atoms with Gasteiger partial charge in [-0.3, -0.25) is 4.52 Å². The molecule has 2 aliphatic rings. The first-order valence-corrected chi connectivity index (χ1v) is 9.32. The van der Waals surface area contributed by atoms with E-state index in [4.69, 9.17) is 29.1 Å². The molecule has 0 amide bonds. The van der Waals surface area contributed by atoms with E-state index in [-0.39, 0.29) is 17.1 Å². The second kappa shape index (κ2) is 10.0. The van der Waals surface area contributed by atoms with Crippen molar-refractivity contribution in [2.24, 2.45) is 0 Å². The van der Waals surface area contributed by atoms with Crippen molar-refractivity contribution in [1.82, 2.24) is 0 Å². The minimum atomic E-state index is -4.93. The quantitative estimate of drug-likeness (QED) is 0.123. The zero-order chi connectivity index (χ0) is 20.6. The molecule has 0 aromatic heterocycles. The maximum atomic E-state index is 10.8. The van der Waals surface area contributed by atoms with Crippen molar-refractivity contribution in [1.29, 1.82) is 0 Å². The molecule has 2 heterocycles. The summed E-state index contributed by atoms with van der Waals surface area (Å²) >= 11 is 0. The third-order valence-corrected chi connectivity index (χ3v) is 4.78. The molecule has 14 nitrogen and oxygen atoms in total. The number of phosphoric acid groups is 1. The summed E-state index contributed by atoms with van der Waals surface area (Å²) in [5, 5.41) is 68.3. The van der Waals surface area contributed by atoms with Crippen LogP contribution in [0.5, 0.6) is 0 Å². The van der Waals surface area contributed by atoms with Crippen molar-refractivity contribution in [2.45, 2.75) is 54.8 Å². The normalized spacial score (nSPS) is 44.3. The van der Waals surface area contributed by atoms with Crippen molar-refractivity contribution in [3.05, 3.63) is 0 Å². The number of hydrogen-bond donors (Lipinski definition) is 9. The number of rotatable bonds is 7. The van der Waals surface area contributed by atoms with E-state index in [9.17, 15) is 35.2 Å². The Morgan fingerprint density at radius 3 is 2.00 bits per heavy atom. The molecular formula is C12H23FeO14P. The summed E-state index contributed by atoms with van der Waals surface area (Å²) in [6.45, 7) is -2.69. The zero-order valence-corrected chi connectivity index (χ0v) is 16.1. The summed E-state index contributed by atoms with van der Waals surface area (Å²) in [6.07, 6.45) is -14.0. The van der Waals surface area contributed by atoms with E-state index < -0.39 is 82.4 Å². The second-order valence-electron chi connectivity index (χ2n) is 6.16. The van der Waals surface area contributed by atoms with E-state index in [1.807, 2.05) is 0 Å². The van der Waals surface area contributed by atoms with Gasteiger partial charge in [-0.05, 0) is 0 Å². The summed E-state index contributed by atoms with van der Waals surface area (Å²) in [5.74, 6) is -2.35. The fraction of sp³-hybridized carbons (Fsp3) is 1.00. The Bertz CT molecular complexity index is 548. The molecule has 2 saturated heterocycles. The monoisotopic (exact) mass is 478 g/mol. The van der Waals surface area contributed by atoms with Gasteiger partial charge in [0, 0.05) is 17.1 Å². The van der Waals surface area contributed by atoms with Gasteiger partial charge in [-0.25, -0.2) is 4.57 Å². The fourth-order valence-electron chi connectivity index (χ4n) is 2.79. The van der Waals surface area contributed by atoms with Crippen LogP contribution in [0.2, 0.25) is 0 Å². The first-order valence-electron chi connectivity index (χ1n) is 7.79. The predicted octanol–water partition coefficient (Wildman–Crippen LogP) is -5.28. The van der Waals surface area contributed by atoms with Crippen LogP contribution in [0, 0.1) is 0 Å². The van der Waals surface area contributed by atoms with E-state index in [2.05, 4.69) is 4.52 Å². The van der Waals surface area contributed by atoms with E-state index in [0.717, 1.165) is 0 Å². The second-order valence-corrected chi connectivity index (χ2v) is 7.40. The third-order valence-electron chi connectivity index (χ3n) is 4.30. The first-order chi connectivity index (χ1) is 12.5. The average molecular weight is 478 g/mol. The third kappa shape index (κ3) is 5.47. The van der Waals surface area contributed by atoms with Gasteiger partial charge in [0.15, 0.2) is 6.29 Å². The summed E-state index contributed by atoms with van der Waals surface area (Å²) in [7, 11) is -4.93. The molecular weight excluding hydrogens is 455 g/mol. The maximum absolute atomic E-state index is 10.8. The number of ether oxygens (including phenoxy) is 3. The van der Waals surface area contributed by atoms with E-state index in [1.54, 1.807) is 0 Å². The van der Waals surface area contributed by atoms with Gasteiger partial charge in [0.25, 0.3) is 0 Å². The molecule has 2 aliphatic heterocycles. The minimum Gasteiger partial charge on any atom is -0.394 e. The van der Waals surface area contributed by atoms with Crippen molar-refractivity contribution >= 4 is 7.82 Å². The molecule has 9 atom stereocenters. The Hall–Kier alpha value is 0.229. The van der Waals surface area contributed by atoms with E-state index in [0.29, 0.717) is 0 Å². The SMILES string of the molecule is O=P(O)(O)OC[C@H]1O[C@H](O[C@]2(CO)O[C@H](CO)[C@@H](O)[C@@H]2O)[C@H](O)[C@@H](O)[C@@H]1O.[Fe]. The summed E-state index contributed by atoms with van der Waals surface area (Å²) in [6, 6.07) is 0. The van der Waals surface area contributed by atoms with Crippen LogP contribution >= 0.6 is 7.82 Å². The van der Waals surface area contributed by atoms with Gasteiger partial charge < -0.3 is 59.7 Å². The van der Waals surface area contributed by atoms with Gasteiger partial charge in [-0.1, -0.05) is 0 Å². The standard InChI is InChI=1S/C12H23O14P.Fe/c13-1-4-7(16)10(19)12(3-14,25-4)26-11-9(18)8(17)6(15)5(24-11)2-23-27(20,21)22;/h4-11,13-19H,1-3H2,(H2,20,21,22);/t4-,5-,6-,7-,8+,9-,10+,11-,12+;/m1./s1. The smallest absolute Gasteiger partial charge is 0.394 e. The van der Waals surface area contributed by atoms with Crippen LogP contribution in [0.25, 0.3) is 0 Å². The Morgan fingerprint density at radius 1 is 0.929 bits per heavy atom. The molecule has 168 valence electrons. The number of aliphatic hydroxyl groups is 7. The minimum absolute atomic E-state index is 0. The Balaban J connectivity index is 0.00000392. The van der Waals surface area contributed by atoms with Crippen LogP contribution < -0.4 is 0 Å². The molecule has 2 rings (SSSR count). The molecule has 0 bridgehead atoms. The molecule has 0 unspecified atom stereocenters. The van der Waals surface area contributed by atoms with Crippen molar-refractivity contribution < 1.29 is 85.9 Å². The molecule has 28 heavy (non-hydrogen) atoms. The molecule has 0 aromatic rings. The van der Waals surface area contributed by atoms with Crippen LogP contribution in [0.1, 0.15) is 0 Å². The molecule has 0 aromatic carbocycles. The first kappa shape index (κ1) is 26.3. The van der Waals surface area contributed by atoms with E-state index in [1.165, 1.54) is 0 Å². The topological polar surface area (TPSA) is 236 Å². The Labute approximate surface area is 168 Å². The van der Waals surface area contributed by atoms with Crippen molar-refractivity contribution in [3.8, 4) is 0 Å². The van der Waals surface area contributed by atoms with E-state index >= 15 is 0 Å². The van der Waals surface area contributed by atoms with Crippen LogP contribution in [0.15, 0.2) is 0 Å². The molecule has 0 aliphatic carbocycles. The van der Waals surface area contributed by atoms with Crippen LogP contribution in [0.4, 0.5) is 0 Å².